The normalized spacial score (nSPS) is 30.1. The summed E-state index contributed by atoms with van der Waals surface area (Å²) in [4.78, 5) is 2.54. The Balaban J connectivity index is 1.72. The van der Waals surface area contributed by atoms with Gasteiger partial charge in [-0.1, -0.05) is 12.1 Å². The molecule has 2 heterocycles. The van der Waals surface area contributed by atoms with Gasteiger partial charge in [-0.15, -0.1) is 0 Å². The Bertz CT molecular complexity index is 407. The van der Waals surface area contributed by atoms with Crippen LogP contribution in [0.3, 0.4) is 0 Å². The predicted octanol–water partition coefficient (Wildman–Crippen LogP) is 2.14. The number of fused-ring (bicyclic) bond motifs is 1. The van der Waals surface area contributed by atoms with Gasteiger partial charge in [0.25, 0.3) is 0 Å². The average Bonchev–Trinajstić information content (AvgIpc) is 2.81. The molecule has 0 radical (unpaired) electrons. The molecule has 1 aromatic rings. The van der Waals surface area contributed by atoms with Crippen molar-refractivity contribution in [2.45, 2.75) is 31.8 Å². The largest absolute Gasteiger partial charge is 0.508 e. The van der Waals surface area contributed by atoms with Gasteiger partial charge >= 0.3 is 0 Å². The molecule has 18 heavy (non-hydrogen) atoms. The maximum Gasteiger partial charge on any atom is 0.115 e. The molecule has 2 aliphatic heterocycles. The van der Waals surface area contributed by atoms with Crippen molar-refractivity contribution >= 4 is 0 Å². The van der Waals surface area contributed by atoms with Crippen LogP contribution in [-0.4, -0.2) is 35.7 Å². The molecule has 3 atom stereocenters. The van der Waals surface area contributed by atoms with Crippen LogP contribution in [0.5, 0.6) is 5.75 Å². The van der Waals surface area contributed by atoms with Gasteiger partial charge in [-0.2, -0.15) is 0 Å². The fourth-order valence-electron chi connectivity index (χ4n) is 3.39. The molecular formula is C15H22N2O. The van der Waals surface area contributed by atoms with Gasteiger partial charge < -0.3 is 10.4 Å². The van der Waals surface area contributed by atoms with Crippen LogP contribution < -0.4 is 5.32 Å². The zero-order valence-electron chi connectivity index (χ0n) is 11.0. The second-order valence-corrected chi connectivity index (χ2v) is 5.69. The summed E-state index contributed by atoms with van der Waals surface area (Å²) in [6.45, 7) is 5.75. The van der Waals surface area contributed by atoms with Crippen LogP contribution in [0, 0.1) is 5.92 Å². The first-order valence-corrected chi connectivity index (χ1v) is 7.00. The van der Waals surface area contributed by atoms with Crippen molar-refractivity contribution in [1.29, 1.82) is 0 Å². The molecule has 0 bridgehead atoms. The number of piperidine rings is 1. The molecule has 0 saturated carbocycles. The Morgan fingerprint density at radius 1 is 1.39 bits per heavy atom. The van der Waals surface area contributed by atoms with Crippen LogP contribution in [0.25, 0.3) is 0 Å². The summed E-state index contributed by atoms with van der Waals surface area (Å²) in [6, 6.07) is 8.74. The van der Waals surface area contributed by atoms with Gasteiger partial charge in [-0.3, -0.25) is 4.90 Å². The Labute approximate surface area is 109 Å². The third kappa shape index (κ3) is 2.25. The number of hydrogen-bond acceptors (Lipinski definition) is 3. The van der Waals surface area contributed by atoms with Gasteiger partial charge in [0.1, 0.15) is 5.75 Å². The summed E-state index contributed by atoms with van der Waals surface area (Å²) in [5.74, 6) is 1.19. The third-order valence-electron chi connectivity index (χ3n) is 4.53. The maximum atomic E-state index is 9.58. The van der Waals surface area contributed by atoms with E-state index in [1.54, 1.807) is 6.07 Å². The fraction of sp³-hybridized carbons (Fsp3) is 0.600. The molecule has 3 heteroatoms. The maximum absolute atomic E-state index is 9.58. The zero-order valence-corrected chi connectivity index (χ0v) is 11.0. The number of hydrogen-bond donors (Lipinski definition) is 2. The summed E-state index contributed by atoms with van der Waals surface area (Å²) in [5.41, 5.74) is 1.22. The zero-order chi connectivity index (χ0) is 12.5. The topological polar surface area (TPSA) is 35.5 Å². The van der Waals surface area contributed by atoms with Gasteiger partial charge in [0.05, 0.1) is 0 Å². The van der Waals surface area contributed by atoms with Crippen LogP contribution in [0.2, 0.25) is 0 Å². The van der Waals surface area contributed by atoms with E-state index in [1.807, 2.05) is 12.1 Å². The lowest BCUT2D eigenvalue weighted by molar-refractivity contribution is 0.250. The predicted molar refractivity (Wildman–Crippen MR) is 72.6 cm³/mol. The summed E-state index contributed by atoms with van der Waals surface area (Å²) in [5, 5.41) is 13.2. The second kappa shape index (κ2) is 4.90. The Kier molecular flexibility index (Phi) is 3.27. The van der Waals surface area contributed by atoms with Crippen molar-refractivity contribution in [3.63, 3.8) is 0 Å². The van der Waals surface area contributed by atoms with E-state index >= 15 is 0 Å². The first-order chi connectivity index (χ1) is 8.74. The van der Waals surface area contributed by atoms with Crippen molar-refractivity contribution in [1.82, 2.24) is 10.2 Å². The highest BCUT2D eigenvalue weighted by Gasteiger charge is 2.36. The highest BCUT2D eigenvalue weighted by atomic mass is 16.3. The van der Waals surface area contributed by atoms with Gasteiger partial charge in [0.2, 0.25) is 0 Å². The van der Waals surface area contributed by atoms with E-state index in [9.17, 15) is 5.11 Å². The van der Waals surface area contributed by atoms with Crippen LogP contribution in [-0.2, 0) is 0 Å². The SMILES string of the molecule is CC(c1cccc(O)c1)N1C[C@@H]2CCCN[C@@H]2C1. The second-order valence-electron chi connectivity index (χ2n) is 5.69. The molecule has 98 valence electrons. The molecule has 2 saturated heterocycles. The van der Waals surface area contributed by atoms with Gasteiger partial charge in [0.15, 0.2) is 0 Å². The van der Waals surface area contributed by atoms with E-state index in [0.29, 0.717) is 17.8 Å². The quantitative estimate of drug-likeness (QED) is 0.839. The molecule has 2 fully saturated rings. The number of rotatable bonds is 2. The lowest BCUT2D eigenvalue weighted by Gasteiger charge is -2.25. The minimum atomic E-state index is 0.370. The molecule has 0 aliphatic carbocycles. The summed E-state index contributed by atoms with van der Waals surface area (Å²) in [7, 11) is 0. The standard InChI is InChI=1S/C15H22N2O/c1-11(12-4-2-6-14(18)8-12)17-9-13-5-3-7-16-15(13)10-17/h2,4,6,8,11,13,15-16,18H,3,5,7,9-10H2,1H3/t11?,13-,15+/m0/s1. The first kappa shape index (κ1) is 12.0. The summed E-state index contributed by atoms with van der Waals surface area (Å²) < 4.78 is 0. The number of nitrogens with one attached hydrogen (secondary N) is 1. The third-order valence-corrected chi connectivity index (χ3v) is 4.53. The molecule has 0 amide bonds. The summed E-state index contributed by atoms with van der Waals surface area (Å²) >= 11 is 0. The van der Waals surface area contributed by atoms with Crippen molar-refractivity contribution in [2.24, 2.45) is 5.92 Å². The van der Waals surface area contributed by atoms with E-state index < -0.39 is 0 Å². The smallest absolute Gasteiger partial charge is 0.115 e. The number of phenols is 1. The van der Waals surface area contributed by atoms with Crippen LogP contribution in [0.4, 0.5) is 0 Å². The first-order valence-electron chi connectivity index (χ1n) is 7.00. The highest BCUT2D eigenvalue weighted by Crippen LogP contribution is 2.32. The molecule has 2 N–H and O–H groups in total. The summed E-state index contributed by atoms with van der Waals surface area (Å²) in [6.07, 6.45) is 2.68. The highest BCUT2D eigenvalue weighted by molar-refractivity contribution is 5.29. The molecule has 0 aromatic heterocycles. The Hall–Kier alpha value is -1.06. The minimum absolute atomic E-state index is 0.370. The average molecular weight is 246 g/mol. The Morgan fingerprint density at radius 3 is 3.06 bits per heavy atom. The number of phenolic OH excluding ortho intramolecular Hbond substituents is 1. The Morgan fingerprint density at radius 2 is 2.28 bits per heavy atom. The van der Waals surface area contributed by atoms with Gasteiger partial charge in [-0.25, -0.2) is 0 Å². The molecular weight excluding hydrogens is 224 g/mol. The fourth-order valence-corrected chi connectivity index (χ4v) is 3.39. The number of benzene rings is 1. The molecule has 1 aromatic carbocycles. The monoisotopic (exact) mass is 246 g/mol. The van der Waals surface area contributed by atoms with E-state index in [1.165, 1.54) is 31.5 Å². The van der Waals surface area contributed by atoms with Gasteiger partial charge in [0, 0.05) is 25.2 Å². The van der Waals surface area contributed by atoms with Crippen LogP contribution in [0.1, 0.15) is 31.4 Å². The van der Waals surface area contributed by atoms with Crippen LogP contribution in [0.15, 0.2) is 24.3 Å². The number of likely N-dealkylation sites (tertiary alicyclic amines) is 1. The lowest BCUT2D eigenvalue weighted by atomic mass is 9.94. The number of aromatic hydroxyl groups is 1. The van der Waals surface area contributed by atoms with E-state index in [2.05, 4.69) is 23.2 Å². The molecule has 0 spiro atoms. The van der Waals surface area contributed by atoms with Crippen molar-refractivity contribution < 1.29 is 5.11 Å². The van der Waals surface area contributed by atoms with Crippen molar-refractivity contribution in [3.8, 4) is 5.75 Å². The van der Waals surface area contributed by atoms with Crippen LogP contribution >= 0.6 is 0 Å². The molecule has 1 unspecified atom stereocenters. The number of nitrogens with zero attached hydrogens (tertiary/aromatic N) is 1. The van der Waals surface area contributed by atoms with Gasteiger partial charge in [-0.05, 0) is 49.9 Å². The minimum Gasteiger partial charge on any atom is -0.508 e. The molecule has 2 aliphatic rings. The molecule has 3 nitrogen and oxygen atoms in total. The van der Waals surface area contributed by atoms with Crippen molar-refractivity contribution in [2.75, 3.05) is 19.6 Å². The van der Waals surface area contributed by atoms with Crippen molar-refractivity contribution in [3.05, 3.63) is 29.8 Å². The van der Waals surface area contributed by atoms with E-state index in [0.717, 1.165) is 12.5 Å². The lowest BCUT2D eigenvalue weighted by Crippen LogP contribution is -2.40. The van der Waals surface area contributed by atoms with E-state index in [4.69, 9.17) is 0 Å². The van der Waals surface area contributed by atoms with E-state index in [-0.39, 0.29) is 0 Å². The molecule has 3 rings (SSSR count).